The Morgan fingerprint density at radius 3 is 1.83 bits per heavy atom. The molecule has 3 aromatic carbocycles. The number of nitrogens with two attached hydrogens (primary N) is 1. The molecule has 0 atom stereocenters. The van der Waals surface area contributed by atoms with Crippen LogP contribution in [0, 0.1) is 0 Å². The lowest BCUT2D eigenvalue weighted by Gasteiger charge is -2.13. The highest BCUT2D eigenvalue weighted by atomic mass is 35.5. The highest BCUT2D eigenvalue weighted by Gasteiger charge is 2.17. The zero-order valence-corrected chi connectivity index (χ0v) is 13.7. The average molecular weight is 344 g/mol. The molecule has 0 aliphatic carbocycles. The molecule has 0 heterocycles. The van der Waals surface area contributed by atoms with Crippen LogP contribution in [0.1, 0.15) is 0 Å². The maximum absolute atomic E-state index is 11.9. The number of hydrogen-bond donors (Lipinski definition) is 1. The summed E-state index contributed by atoms with van der Waals surface area (Å²) in [5.41, 5.74) is 3.26. The Bertz CT molecular complexity index is 951. The van der Waals surface area contributed by atoms with E-state index < -0.39 is 10.0 Å². The number of sulfonamides is 1. The van der Waals surface area contributed by atoms with Crippen LogP contribution in [0.2, 0.25) is 5.02 Å². The van der Waals surface area contributed by atoms with E-state index in [0.717, 1.165) is 16.7 Å². The predicted molar refractivity (Wildman–Crippen MR) is 93.7 cm³/mol. The zero-order valence-electron chi connectivity index (χ0n) is 12.1. The Morgan fingerprint density at radius 1 is 0.696 bits per heavy atom. The fraction of sp³-hybridized carbons (Fsp3) is 0. The lowest BCUT2D eigenvalue weighted by Crippen LogP contribution is -2.13. The van der Waals surface area contributed by atoms with Crippen LogP contribution >= 0.6 is 11.6 Å². The quantitative estimate of drug-likeness (QED) is 0.769. The molecule has 5 heteroatoms. The highest BCUT2D eigenvalue weighted by molar-refractivity contribution is 7.89. The molecule has 0 aliphatic heterocycles. The molecule has 3 rings (SSSR count). The van der Waals surface area contributed by atoms with Gasteiger partial charge in [-0.05, 0) is 34.9 Å². The molecule has 0 bridgehead atoms. The number of rotatable bonds is 3. The fourth-order valence-electron chi connectivity index (χ4n) is 2.54. The molecule has 0 unspecified atom stereocenters. The number of halogens is 1. The summed E-state index contributed by atoms with van der Waals surface area (Å²) in [6, 6.07) is 21.8. The van der Waals surface area contributed by atoms with Crippen molar-refractivity contribution >= 4 is 21.6 Å². The molecule has 3 nitrogen and oxygen atoms in total. The SMILES string of the molecule is NS(=O)(=O)c1ccccc1-c1ccccc1-c1ccc(Cl)cc1. The van der Waals surface area contributed by atoms with Crippen molar-refractivity contribution in [3.8, 4) is 22.3 Å². The monoisotopic (exact) mass is 343 g/mol. The minimum atomic E-state index is -3.81. The molecule has 0 aliphatic rings. The van der Waals surface area contributed by atoms with Gasteiger partial charge in [0.2, 0.25) is 10.0 Å². The molecule has 3 aromatic rings. The van der Waals surface area contributed by atoms with Crippen LogP contribution in [0.25, 0.3) is 22.3 Å². The van der Waals surface area contributed by atoms with Crippen molar-refractivity contribution in [2.75, 3.05) is 0 Å². The van der Waals surface area contributed by atoms with Crippen molar-refractivity contribution in [3.63, 3.8) is 0 Å². The Balaban J connectivity index is 2.26. The second-order valence-electron chi connectivity index (χ2n) is 5.09. The molecular weight excluding hydrogens is 330 g/mol. The average Bonchev–Trinajstić information content (AvgIpc) is 2.55. The van der Waals surface area contributed by atoms with E-state index >= 15 is 0 Å². The molecule has 0 saturated heterocycles. The molecule has 0 amide bonds. The van der Waals surface area contributed by atoms with Crippen LogP contribution in [0.5, 0.6) is 0 Å². The lowest BCUT2D eigenvalue weighted by molar-refractivity contribution is 0.598. The molecule has 0 saturated carbocycles. The molecule has 116 valence electrons. The first kappa shape index (κ1) is 15.7. The van der Waals surface area contributed by atoms with Gasteiger partial charge in [-0.25, -0.2) is 13.6 Å². The van der Waals surface area contributed by atoms with Crippen LogP contribution in [-0.4, -0.2) is 8.42 Å². The van der Waals surface area contributed by atoms with Crippen LogP contribution in [0.4, 0.5) is 0 Å². The highest BCUT2D eigenvalue weighted by Crippen LogP contribution is 2.35. The minimum Gasteiger partial charge on any atom is -0.225 e. The number of hydrogen-bond acceptors (Lipinski definition) is 2. The minimum absolute atomic E-state index is 0.112. The van der Waals surface area contributed by atoms with Gasteiger partial charge in [-0.3, -0.25) is 0 Å². The van der Waals surface area contributed by atoms with Gasteiger partial charge in [0.25, 0.3) is 0 Å². The zero-order chi connectivity index (χ0) is 16.4. The van der Waals surface area contributed by atoms with Gasteiger partial charge in [-0.1, -0.05) is 66.2 Å². The Labute approximate surface area is 140 Å². The van der Waals surface area contributed by atoms with Crippen LogP contribution in [-0.2, 0) is 10.0 Å². The van der Waals surface area contributed by atoms with Gasteiger partial charge in [0, 0.05) is 10.6 Å². The second kappa shape index (κ2) is 6.16. The molecule has 23 heavy (non-hydrogen) atoms. The van der Waals surface area contributed by atoms with E-state index in [1.807, 2.05) is 36.4 Å². The van der Waals surface area contributed by atoms with Crippen molar-refractivity contribution in [1.82, 2.24) is 0 Å². The molecule has 0 radical (unpaired) electrons. The van der Waals surface area contributed by atoms with Crippen LogP contribution in [0.15, 0.2) is 77.7 Å². The van der Waals surface area contributed by atoms with Gasteiger partial charge in [0.15, 0.2) is 0 Å². The van der Waals surface area contributed by atoms with E-state index in [1.54, 1.807) is 30.3 Å². The van der Waals surface area contributed by atoms with Crippen molar-refractivity contribution in [3.05, 3.63) is 77.8 Å². The summed E-state index contributed by atoms with van der Waals surface area (Å²) in [5.74, 6) is 0. The van der Waals surface area contributed by atoms with Gasteiger partial charge in [0.05, 0.1) is 4.90 Å². The Kier molecular flexibility index (Phi) is 4.22. The molecule has 0 spiro atoms. The summed E-state index contributed by atoms with van der Waals surface area (Å²) < 4.78 is 23.8. The van der Waals surface area contributed by atoms with Crippen LogP contribution < -0.4 is 5.14 Å². The van der Waals surface area contributed by atoms with Gasteiger partial charge in [-0.15, -0.1) is 0 Å². The van der Waals surface area contributed by atoms with E-state index in [4.69, 9.17) is 16.7 Å². The van der Waals surface area contributed by atoms with E-state index in [-0.39, 0.29) is 4.90 Å². The first-order valence-corrected chi connectivity index (χ1v) is 8.86. The fourth-order valence-corrected chi connectivity index (χ4v) is 3.42. The van der Waals surface area contributed by atoms with E-state index in [2.05, 4.69) is 0 Å². The smallest absolute Gasteiger partial charge is 0.225 e. The standard InChI is InChI=1S/C18H14ClNO2S/c19-14-11-9-13(10-12-14)15-5-1-2-6-16(15)17-7-3-4-8-18(17)23(20,21)22/h1-12H,(H2,20,21,22). The van der Waals surface area contributed by atoms with Gasteiger partial charge >= 0.3 is 0 Å². The Morgan fingerprint density at radius 2 is 1.22 bits per heavy atom. The summed E-state index contributed by atoms with van der Waals surface area (Å²) in [7, 11) is -3.81. The maximum atomic E-state index is 11.9. The molecule has 0 aromatic heterocycles. The topological polar surface area (TPSA) is 60.2 Å². The summed E-state index contributed by atoms with van der Waals surface area (Å²) in [4.78, 5) is 0.112. The Hall–Kier alpha value is -2.14. The third-order valence-corrected chi connectivity index (χ3v) is 4.79. The first-order chi connectivity index (χ1) is 11.0. The van der Waals surface area contributed by atoms with Crippen LogP contribution in [0.3, 0.4) is 0 Å². The van der Waals surface area contributed by atoms with Gasteiger partial charge < -0.3 is 0 Å². The van der Waals surface area contributed by atoms with E-state index in [0.29, 0.717) is 10.6 Å². The third kappa shape index (κ3) is 3.29. The second-order valence-corrected chi connectivity index (χ2v) is 7.06. The largest absolute Gasteiger partial charge is 0.238 e. The van der Waals surface area contributed by atoms with Gasteiger partial charge in [-0.2, -0.15) is 0 Å². The molecule has 2 N–H and O–H groups in total. The van der Waals surface area contributed by atoms with E-state index in [9.17, 15) is 8.42 Å². The van der Waals surface area contributed by atoms with Gasteiger partial charge in [0.1, 0.15) is 0 Å². The molecular formula is C18H14ClNO2S. The van der Waals surface area contributed by atoms with E-state index in [1.165, 1.54) is 6.07 Å². The number of benzene rings is 3. The third-order valence-electron chi connectivity index (χ3n) is 3.57. The number of primary sulfonamides is 1. The summed E-state index contributed by atoms with van der Waals surface area (Å²) in [6.45, 7) is 0. The first-order valence-electron chi connectivity index (χ1n) is 6.94. The van der Waals surface area contributed by atoms with Crippen molar-refractivity contribution in [2.45, 2.75) is 4.90 Å². The molecule has 0 fully saturated rings. The normalized spacial score (nSPS) is 11.4. The predicted octanol–water partition coefficient (Wildman–Crippen LogP) is 4.32. The lowest BCUT2D eigenvalue weighted by atomic mass is 9.95. The summed E-state index contributed by atoms with van der Waals surface area (Å²) >= 11 is 5.95. The van der Waals surface area contributed by atoms with Crippen molar-refractivity contribution in [1.29, 1.82) is 0 Å². The van der Waals surface area contributed by atoms with Crippen molar-refractivity contribution < 1.29 is 8.42 Å². The summed E-state index contributed by atoms with van der Waals surface area (Å²) in [5, 5.41) is 6.01. The maximum Gasteiger partial charge on any atom is 0.238 e. The summed E-state index contributed by atoms with van der Waals surface area (Å²) in [6.07, 6.45) is 0. The van der Waals surface area contributed by atoms with Crippen molar-refractivity contribution in [2.24, 2.45) is 5.14 Å².